The fourth-order valence-electron chi connectivity index (χ4n) is 1.08. The van der Waals surface area contributed by atoms with Crippen molar-refractivity contribution >= 4 is 43.8 Å². The lowest BCUT2D eigenvalue weighted by Crippen LogP contribution is -2.20. The average Bonchev–Trinajstić information content (AvgIpc) is 2.05. The first-order valence-corrected chi connectivity index (χ1v) is 4.94. The Morgan fingerprint density at radius 1 is 1.00 bits per heavy atom. The van der Waals surface area contributed by atoms with E-state index < -0.39 is 11.9 Å². The monoisotopic (exact) mass is 304 g/mol. The van der Waals surface area contributed by atoms with Crippen LogP contribution in [0.3, 0.4) is 0 Å². The number of cyclic esters (lactones) is 2. The summed E-state index contributed by atoms with van der Waals surface area (Å²) >= 11 is 6.36. The highest BCUT2D eigenvalue weighted by molar-refractivity contribution is 9.11. The third-order valence-corrected chi connectivity index (χ3v) is 2.97. The van der Waals surface area contributed by atoms with Crippen LogP contribution in [-0.4, -0.2) is 11.9 Å². The smallest absolute Gasteiger partial charge is 0.347 e. The Balaban J connectivity index is 2.79. The number of hydrogen-bond acceptors (Lipinski definition) is 3. The van der Waals surface area contributed by atoms with E-state index in [0.717, 1.165) is 0 Å². The lowest BCUT2D eigenvalue weighted by molar-refractivity contribution is 0.0382. The number of hydrogen-bond donors (Lipinski definition) is 0. The first kappa shape index (κ1) is 8.90. The molecule has 0 N–H and O–H groups in total. The molecular formula is C8H2Br2O3. The molecule has 1 aromatic carbocycles. The number of rotatable bonds is 0. The SMILES string of the molecule is O=C1OC(=O)c2cc(Br)cc1c2Br. The molecule has 0 saturated carbocycles. The zero-order valence-corrected chi connectivity index (χ0v) is 9.31. The molecule has 0 aliphatic carbocycles. The van der Waals surface area contributed by atoms with Crippen LogP contribution in [0.25, 0.3) is 0 Å². The molecule has 5 heteroatoms. The molecule has 0 spiro atoms. The quantitative estimate of drug-likeness (QED) is 0.546. The molecule has 0 radical (unpaired) electrons. The predicted octanol–water partition coefficient (Wildman–Crippen LogP) is 2.52. The van der Waals surface area contributed by atoms with E-state index >= 15 is 0 Å². The van der Waals surface area contributed by atoms with Crippen LogP contribution in [-0.2, 0) is 4.74 Å². The molecule has 0 amide bonds. The van der Waals surface area contributed by atoms with Gasteiger partial charge in [0.2, 0.25) is 0 Å². The molecule has 2 bridgehead atoms. The van der Waals surface area contributed by atoms with Gasteiger partial charge in [0, 0.05) is 8.95 Å². The summed E-state index contributed by atoms with van der Waals surface area (Å²) in [6, 6.07) is 3.20. The molecule has 0 fully saturated rings. The van der Waals surface area contributed by atoms with E-state index in [0.29, 0.717) is 20.1 Å². The van der Waals surface area contributed by atoms with Gasteiger partial charge in [-0.25, -0.2) is 9.59 Å². The van der Waals surface area contributed by atoms with Crippen LogP contribution >= 0.6 is 31.9 Å². The van der Waals surface area contributed by atoms with Gasteiger partial charge in [-0.1, -0.05) is 15.9 Å². The van der Waals surface area contributed by atoms with Crippen molar-refractivity contribution in [3.8, 4) is 0 Å². The van der Waals surface area contributed by atoms with Crippen molar-refractivity contribution in [3.05, 3.63) is 32.2 Å². The Morgan fingerprint density at radius 2 is 1.46 bits per heavy atom. The minimum atomic E-state index is -0.620. The highest BCUT2D eigenvalue weighted by Crippen LogP contribution is 2.31. The van der Waals surface area contributed by atoms with Crippen molar-refractivity contribution in [3.63, 3.8) is 0 Å². The van der Waals surface area contributed by atoms with Gasteiger partial charge in [0.15, 0.2) is 0 Å². The van der Waals surface area contributed by atoms with Crippen LogP contribution in [0.15, 0.2) is 21.1 Å². The Kier molecular flexibility index (Phi) is 2.00. The van der Waals surface area contributed by atoms with Crippen molar-refractivity contribution in [1.82, 2.24) is 0 Å². The van der Waals surface area contributed by atoms with Gasteiger partial charge >= 0.3 is 11.9 Å². The van der Waals surface area contributed by atoms with Crippen LogP contribution in [0, 0.1) is 0 Å². The van der Waals surface area contributed by atoms with Crippen LogP contribution in [0.4, 0.5) is 0 Å². The van der Waals surface area contributed by atoms with Crippen molar-refractivity contribution in [2.75, 3.05) is 0 Å². The van der Waals surface area contributed by atoms with Gasteiger partial charge < -0.3 is 4.74 Å². The molecule has 1 aliphatic rings. The second kappa shape index (κ2) is 2.92. The summed E-state index contributed by atoms with van der Waals surface area (Å²) in [4.78, 5) is 22.3. The van der Waals surface area contributed by atoms with Gasteiger partial charge in [-0.2, -0.15) is 0 Å². The van der Waals surface area contributed by atoms with Gasteiger partial charge in [0.05, 0.1) is 11.1 Å². The summed E-state index contributed by atoms with van der Waals surface area (Å²) in [5.41, 5.74) is 0.730. The molecule has 0 atom stereocenters. The maximum atomic E-state index is 11.1. The van der Waals surface area contributed by atoms with E-state index in [1.54, 1.807) is 12.1 Å². The van der Waals surface area contributed by atoms with Gasteiger partial charge in [0.1, 0.15) is 0 Å². The molecule has 2 rings (SSSR count). The fraction of sp³-hybridized carbons (Fsp3) is 0. The summed E-state index contributed by atoms with van der Waals surface area (Å²) in [7, 11) is 0. The van der Waals surface area contributed by atoms with Gasteiger partial charge in [-0.15, -0.1) is 0 Å². The van der Waals surface area contributed by atoms with Gasteiger partial charge in [0.25, 0.3) is 0 Å². The third kappa shape index (κ3) is 1.32. The number of esters is 2. The molecular weight excluding hydrogens is 304 g/mol. The summed E-state index contributed by atoms with van der Waals surface area (Å²) < 4.78 is 5.66. The van der Waals surface area contributed by atoms with Crippen LogP contribution in [0.5, 0.6) is 0 Å². The second-order valence-electron chi connectivity index (χ2n) is 2.49. The highest BCUT2D eigenvalue weighted by atomic mass is 79.9. The third-order valence-electron chi connectivity index (χ3n) is 1.66. The van der Waals surface area contributed by atoms with Crippen molar-refractivity contribution in [2.24, 2.45) is 0 Å². The lowest BCUT2D eigenvalue weighted by Gasteiger charge is -2.14. The lowest BCUT2D eigenvalue weighted by atomic mass is 10.1. The molecule has 0 unspecified atom stereocenters. The maximum absolute atomic E-state index is 11.1. The molecule has 0 aromatic heterocycles. The zero-order valence-electron chi connectivity index (χ0n) is 6.14. The maximum Gasteiger partial charge on any atom is 0.347 e. The summed E-state index contributed by atoms with van der Waals surface area (Å²) in [5.74, 6) is -1.24. The normalized spacial score (nSPS) is 14.3. The first-order valence-electron chi connectivity index (χ1n) is 3.35. The van der Waals surface area contributed by atoms with E-state index in [-0.39, 0.29) is 0 Å². The Hall–Kier alpha value is -0.680. The van der Waals surface area contributed by atoms with Crippen molar-refractivity contribution in [2.45, 2.75) is 0 Å². The summed E-state index contributed by atoms with van der Waals surface area (Å²) in [6.45, 7) is 0. The van der Waals surface area contributed by atoms with Crippen molar-refractivity contribution in [1.29, 1.82) is 0 Å². The first-order chi connectivity index (χ1) is 6.09. The van der Waals surface area contributed by atoms with Crippen LogP contribution in [0.1, 0.15) is 20.7 Å². The van der Waals surface area contributed by atoms with E-state index in [2.05, 4.69) is 36.6 Å². The molecule has 3 nitrogen and oxygen atoms in total. The predicted molar refractivity (Wildman–Crippen MR) is 51.6 cm³/mol. The Labute approximate surface area is 90.3 Å². The Morgan fingerprint density at radius 3 is 1.92 bits per heavy atom. The molecule has 1 aliphatic heterocycles. The zero-order chi connectivity index (χ0) is 9.59. The standard InChI is InChI=1S/C8H2Br2O3/c9-3-1-4-6(10)5(2-3)8(12)13-7(4)11/h1-2H. The van der Waals surface area contributed by atoms with E-state index in [1.165, 1.54) is 0 Å². The minimum absolute atomic E-state index is 0.365. The number of fused-ring (bicyclic) bond motifs is 2. The number of benzene rings is 1. The van der Waals surface area contributed by atoms with Gasteiger partial charge in [-0.05, 0) is 28.1 Å². The molecule has 13 heavy (non-hydrogen) atoms. The molecule has 1 aromatic rings. The summed E-state index contributed by atoms with van der Waals surface area (Å²) in [5, 5.41) is 0. The largest absolute Gasteiger partial charge is 0.386 e. The number of carbonyl (C=O) groups excluding carboxylic acids is 2. The van der Waals surface area contributed by atoms with Crippen molar-refractivity contribution < 1.29 is 14.3 Å². The fourth-order valence-corrected chi connectivity index (χ4v) is 2.09. The van der Waals surface area contributed by atoms with E-state index in [9.17, 15) is 9.59 Å². The minimum Gasteiger partial charge on any atom is -0.386 e. The Bertz CT molecular complexity index is 390. The number of halogens is 2. The topological polar surface area (TPSA) is 43.4 Å². The van der Waals surface area contributed by atoms with Crippen LogP contribution < -0.4 is 0 Å². The second-order valence-corrected chi connectivity index (χ2v) is 4.20. The molecule has 0 saturated heterocycles. The van der Waals surface area contributed by atoms with E-state index in [1.807, 2.05) is 0 Å². The van der Waals surface area contributed by atoms with Crippen LogP contribution in [0.2, 0.25) is 0 Å². The van der Waals surface area contributed by atoms with E-state index in [4.69, 9.17) is 0 Å². The number of carbonyl (C=O) groups is 2. The molecule has 1 heterocycles. The average molecular weight is 306 g/mol. The highest BCUT2D eigenvalue weighted by Gasteiger charge is 2.28. The summed E-state index contributed by atoms with van der Waals surface area (Å²) in [6.07, 6.45) is 0. The van der Waals surface area contributed by atoms with Gasteiger partial charge in [-0.3, -0.25) is 0 Å². The number of ether oxygens (including phenoxy) is 1. The molecule has 66 valence electrons.